The lowest BCUT2D eigenvalue weighted by Crippen LogP contribution is -2.26. The maximum Gasteiger partial charge on any atom is 0.253 e. The van der Waals surface area contributed by atoms with Crippen molar-refractivity contribution < 1.29 is 9.53 Å². The number of nitrogens with two attached hydrogens (primary N) is 1. The molecule has 0 aliphatic rings. The molecule has 4 N–H and O–H groups in total. The second-order valence-electron chi connectivity index (χ2n) is 4.72. The minimum atomic E-state index is -0.190. The fraction of sp³-hybridized carbons (Fsp3) is 0.500. The van der Waals surface area contributed by atoms with E-state index < -0.39 is 0 Å². The van der Waals surface area contributed by atoms with E-state index in [1.807, 2.05) is 13.8 Å². The maximum absolute atomic E-state index is 12.0. The van der Waals surface area contributed by atoms with E-state index in [1.54, 1.807) is 18.2 Å². The summed E-state index contributed by atoms with van der Waals surface area (Å²) in [5.74, 6) is 5.18. The number of carbonyl (C=O) groups is 1. The Balaban J connectivity index is 2.37. The highest BCUT2D eigenvalue weighted by molar-refractivity contribution is 6.31. The second-order valence-corrected chi connectivity index (χ2v) is 5.15. The van der Waals surface area contributed by atoms with Crippen LogP contribution in [0.1, 0.15) is 37.0 Å². The van der Waals surface area contributed by atoms with E-state index in [0.29, 0.717) is 29.4 Å². The third kappa shape index (κ3) is 5.77. The van der Waals surface area contributed by atoms with Gasteiger partial charge in [-0.3, -0.25) is 10.6 Å². The van der Waals surface area contributed by atoms with Gasteiger partial charge in [-0.05, 0) is 44.9 Å². The highest BCUT2D eigenvalue weighted by Gasteiger charge is 2.10. The van der Waals surface area contributed by atoms with Crippen molar-refractivity contribution >= 4 is 23.2 Å². The monoisotopic (exact) mass is 299 g/mol. The minimum Gasteiger partial charge on any atom is -0.379 e. The number of nitrogen functional groups attached to an aromatic ring is 1. The average Bonchev–Trinajstić information content (AvgIpc) is 2.42. The van der Waals surface area contributed by atoms with Crippen LogP contribution in [-0.2, 0) is 4.74 Å². The molecule has 0 aromatic heterocycles. The number of carbonyl (C=O) groups excluding carboxylic acids is 1. The molecule has 0 spiro atoms. The molecule has 1 amide bonds. The molecule has 0 unspecified atom stereocenters. The summed E-state index contributed by atoms with van der Waals surface area (Å²) in [6.07, 6.45) is 2.02. The van der Waals surface area contributed by atoms with Gasteiger partial charge in [0.05, 0.1) is 17.4 Å². The van der Waals surface area contributed by atoms with Gasteiger partial charge in [-0.15, -0.1) is 0 Å². The van der Waals surface area contributed by atoms with Crippen molar-refractivity contribution in [2.24, 2.45) is 5.84 Å². The molecule has 0 radical (unpaired) electrons. The topological polar surface area (TPSA) is 76.4 Å². The lowest BCUT2D eigenvalue weighted by molar-refractivity contribution is 0.0754. The van der Waals surface area contributed by atoms with Crippen molar-refractivity contribution in [3.8, 4) is 0 Å². The molecule has 1 aromatic carbocycles. The number of anilines is 1. The molecule has 0 fully saturated rings. The van der Waals surface area contributed by atoms with Gasteiger partial charge in [0.1, 0.15) is 0 Å². The summed E-state index contributed by atoms with van der Waals surface area (Å²) < 4.78 is 5.43. The molecule has 6 heteroatoms. The summed E-state index contributed by atoms with van der Waals surface area (Å²) in [4.78, 5) is 12.0. The molecule has 0 aliphatic heterocycles. The third-order valence-corrected chi connectivity index (χ3v) is 2.92. The van der Waals surface area contributed by atoms with Gasteiger partial charge in [0.25, 0.3) is 5.91 Å². The number of ether oxygens (including phenoxy) is 1. The van der Waals surface area contributed by atoms with Crippen LogP contribution in [0.15, 0.2) is 18.2 Å². The van der Waals surface area contributed by atoms with Gasteiger partial charge in [0.2, 0.25) is 0 Å². The summed E-state index contributed by atoms with van der Waals surface area (Å²) in [6.45, 7) is 5.31. The van der Waals surface area contributed by atoms with Crippen LogP contribution in [0.25, 0.3) is 0 Å². The molecule has 1 aromatic rings. The van der Waals surface area contributed by atoms with Gasteiger partial charge in [-0.25, -0.2) is 0 Å². The Labute approximate surface area is 124 Å². The molecule has 0 saturated carbocycles. The van der Waals surface area contributed by atoms with Crippen LogP contribution in [0.3, 0.4) is 0 Å². The Bertz CT molecular complexity index is 438. The van der Waals surface area contributed by atoms with Crippen LogP contribution < -0.4 is 16.6 Å². The summed E-state index contributed by atoms with van der Waals surface area (Å²) in [5.41, 5.74) is 3.48. The summed E-state index contributed by atoms with van der Waals surface area (Å²) >= 11 is 5.88. The first-order valence-electron chi connectivity index (χ1n) is 6.70. The molecule has 0 atom stereocenters. The number of halogens is 1. The fourth-order valence-corrected chi connectivity index (χ4v) is 1.85. The van der Waals surface area contributed by atoms with Gasteiger partial charge >= 0.3 is 0 Å². The van der Waals surface area contributed by atoms with E-state index in [0.717, 1.165) is 12.8 Å². The Morgan fingerprint density at radius 3 is 2.80 bits per heavy atom. The number of nitrogens with one attached hydrogen (secondary N) is 2. The first kappa shape index (κ1) is 16.8. The first-order chi connectivity index (χ1) is 9.54. The molecule has 20 heavy (non-hydrogen) atoms. The minimum absolute atomic E-state index is 0.190. The smallest absolute Gasteiger partial charge is 0.253 e. The number of hydrogen-bond donors (Lipinski definition) is 3. The Hall–Kier alpha value is -1.30. The number of unbranched alkanes of at least 4 members (excludes halogenated alkanes) is 1. The van der Waals surface area contributed by atoms with Gasteiger partial charge < -0.3 is 15.5 Å². The van der Waals surface area contributed by atoms with Crippen molar-refractivity contribution in [2.45, 2.75) is 32.8 Å². The van der Waals surface area contributed by atoms with Crippen LogP contribution in [0, 0.1) is 0 Å². The highest BCUT2D eigenvalue weighted by Crippen LogP contribution is 2.19. The van der Waals surface area contributed by atoms with Crippen molar-refractivity contribution in [3.63, 3.8) is 0 Å². The average molecular weight is 300 g/mol. The predicted molar refractivity (Wildman–Crippen MR) is 81.9 cm³/mol. The van der Waals surface area contributed by atoms with E-state index >= 15 is 0 Å². The zero-order valence-corrected chi connectivity index (χ0v) is 12.7. The maximum atomic E-state index is 12.0. The zero-order chi connectivity index (χ0) is 15.0. The van der Waals surface area contributed by atoms with Crippen molar-refractivity contribution in [2.75, 3.05) is 18.6 Å². The number of amides is 1. The van der Waals surface area contributed by atoms with Crippen molar-refractivity contribution in [1.82, 2.24) is 5.32 Å². The van der Waals surface area contributed by atoms with Crippen LogP contribution in [0.4, 0.5) is 5.69 Å². The lowest BCUT2D eigenvalue weighted by Gasteiger charge is -2.10. The predicted octanol–water partition coefficient (Wildman–Crippen LogP) is 2.56. The van der Waals surface area contributed by atoms with E-state index in [9.17, 15) is 4.79 Å². The molecule has 1 rings (SSSR count). The molecular weight excluding hydrogens is 278 g/mol. The van der Waals surface area contributed by atoms with Gasteiger partial charge in [-0.2, -0.15) is 0 Å². The normalized spacial score (nSPS) is 10.7. The van der Waals surface area contributed by atoms with Gasteiger partial charge in [0, 0.05) is 18.2 Å². The van der Waals surface area contributed by atoms with E-state index in [4.69, 9.17) is 22.2 Å². The third-order valence-electron chi connectivity index (χ3n) is 2.69. The lowest BCUT2D eigenvalue weighted by atomic mass is 10.1. The molecule has 0 bridgehead atoms. The van der Waals surface area contributed by atoms with Crippen LogP contribution >= 0.6 is 11.6 Å². The van der Waals surface area contributed by atoms with Crippen LogP contribution in [0.2, 0.25) is 5.02 Å². The second kappa shape index (κ2) is 8.79. The van der Waals surface area contributed by atoms with E-state index in [-0.39, 0.29) is 12.0 Å². The SMILES string of the molecule is CC(C)OCCCCNC(=O)c1cc(Cl)ccc1NN. The molecule has 0 saturated heterocycles. The van der Waals surface area contributed by atoms with Crippen molar-refractivity contribution in [1.29, 1.82) is 0 Å². The van der Waals surface area contributed by atoms with Crippen LogP contribution in [-0.4, -0.2) is 25.2 Å². The molecular formula is C14H22ClN3O2. The van der Waals surface area contributed by atoms with E-state index in [2.05, 4.69) is 10.7 Å². The standard InChI is InChI=1S/C14H22ClN3O2/c1-10(2)20-8-4-3-7-17-14(19)12-9-11(15)5-6-13(12)18-16/h5-6,9-10,18H,3-4,7-8,16H2,1-2H3,(H,17,19). The molecule has 0 aliphatic carbocycles. The summed E-state index contributed by atoms with van der Waals surface area (Å²) in [6, 6.07) is 4.94. The number of hydrazine groups is 1. The van der Waals surface area contributed by atoms with Gasteiger partial charge in [0.15, 0.2) is 0 Å². The molecule has 0 heterocycles. The van der Waals surface area contributed by atoms with Crippen molar-refractivity contribution in [3.05, 3.63) is 28.8 Å². The number of benzene rings is 1. The van der Waals surface area contributed by atoms with Gasteiger partial charge in [-0.1, -0.05) is 11.6 Å². The molecule has 112 valence electrons. The Morgan fingerprint density at radius 2 is 2.15 bits per heavy atom. The highest BCUT2D eigenvalue weighted by atomic mass is 35.5. The van der Waals surface area contributed by atoms with Crippen LogP contribution in [0.5, 0.6) is 0 Å². The quantitative estimate of drug-likeness (QED) is 0.392. The zero-order valence-electron chi connectivity index (χ0n) is 11.9. The first-order valence-corrected chi connectivity index (χ1v) is 7.08. The summed E-state index contributed by atoms with van der Waals surface area (Å²) in [7, 11) is 0. The van der Waals surface area contributed by atoms with E-state index in [1.165, 1.54) is 0 Å². The summed E-state index contributed by atoms with van der Waals surface area (Å²) in [5, 5.41) is 3.34. The fourth-order valence-electron chi connectivity index (χ4n) is 1.67. The number of hydrogen-bond acceptors (Lipinski definition) is 4. The molecule has 5 nitrogen and oxygen atoms in total. The Morgan fingerprint density at radius 1 is 1.40 bits per heavy atom. The largest absolute Gasteiger partial charge is 0.379 e. The number of rotatable bonds is 8. The Kier molecular flexibility index (Phi) is 7.36.